The van der Waals surface area contributed by atoms with E-state index in [1.54, 1.807) is 0 Å². The Morgan fingerprint density at radius 1 is 1.33 bits per heavy atom. The van der Waals surface area contributed by atoms with Crippen LogP contribution in [0.4, 0.5) is 0 Å². The molecule has 0 bridgehead atoms. The van der Waals surface area contributed by atoms with Crippen LogP contribution in [-0.4, -0.2) is 18.9 Å². The highest BCUT2D eigenvalue weighted by Gasteiger charge is 2.25. The minimum Gasteiger partial charge on any atom is -0.307 e. The number of benzene rings is 1. The van der Waals surface area contributed by atoms with E-state index in [1.807, 2.05) is 12.1 Å². The van der Waals surface area contributed by atoms with Gasteiger partial charge < -0.3 is 10.1 Å². The number of halogens is 1. The van der Waals surface area contributed by atoms with E-state index in [-0.39, 0.29) is 6.04 Å². The Morgan fingerprint density at radius 2 is 2.07 bits per heavy atom. The molecule has 0 spiro atoms. The molecule has 1 aliphatic rings. The molecule has 0 amide bonds. The average Bonchev–Trinajstić information content (AvgIpc) is 2.30. The van der Waals surface area contributed by atoms with Gasteiger partial charge in [-0.3, -0.25) is 0 Å². The molecule has 1 N–H and O–H groups in total. The largest absolute Gasteiger partial charge is 0.307 e. The van der Waals surface area contributed by atoms with E-state index in [0.717, 1.165) is 30.1 Å². The van der Waals surface area contributed by atoms with E-state index in [0.29, 0.717) is 5.92 Å². The molecule has 3 heteroatoms. The second kappa shape index (κ2) is 4.90. The summed E-state index contributed by atoms with van der Waals surface area (Å²) >= 11 is 3.42. The van der Waals surface area contributed by atoms with Gasteiger partial charge in [0.2, 0.25) is 0 Å². The van der Waals surface area contributed by atoms with Crippen molar-refractivity contribution in [2.24, 2.45) is 0 Å². The molecular weight excluding hydrogens is 254 g/mol. The Kier molecular flexibility index (Phi) is 3.54. The zero-order chi connectivity index (χ0) is 10.7. The van der Waals surface area contributed by atoms with Gasteiger partial charge in [-0.05, 0) is 37.1 Å². The second-order valence-corrected chi connectivity index (χ2v) is 4.83. The van der Waals surface area contributed by atoms with Crippen LogP contribution in [0.5, 0.6) is 0 Å². The minimum absolute atomic E-state index is 0.0140. The maximum Gasteiger partial charge on any atom is 0.137 e. The summed E-state index contributed by atoms with van der Waals surface area (Å²) in [5, 5.41) is 3.25. The first kappa shape index (κ1) is 10.8. The molecule has 0 radical (unpaired) electrons. The van der Waals surface area contributed by atoms with E-state index >= 15 is 0 Å². The number of rotatable bonds is 2. The molecule has 15 heavy (non-hydrogen) atoms. The molecule has 1 aromatic carbocycles. The van der Waals surface area contributed by atoms with Crippen LogP contribution in [0.3, 0.4) is 0 Å². The van der Waals surface area contributed by atoms with Crippen LogP contribution in [0, 0.1) is 0 Å². The fourth-order valence-electron chi connectivity index (χ4n) is 2.14. The zero-order valence-electron chi connectivity index (χ0n) is 8.45. The summed E-state index contributed by atoms with van der Waals surface area (Å²) in [5.74, 6) is 0.337. The van der Waals surface area contributed by atoms with Crippen molar-refractivity contribution in [3.05, 3.63) is 34.3 Å². The number of piperidine rings is 1. The monoisotopic (exact) mass is 267 g/mol. The molecule has 2 rings (SSSR count). The topological polar surface area (TPSA) is 29.1 Å². The summed E-state index contributed by atoms with van der Waals surface area (Å²) in [6.45, 7) is 0.955. The SMILES string of the molecule is O=CC1NCCC[C@H]1c1ccc(Br)cc1. The van der Waals surface area contributed by atoms with Crippen molar-refractivity contribution >= 4 is 22.2 Å². The third-order valence-electron chi connectivity index (χ3n) is 2.95. The molecule has 2 atom stereocenters. The minimum atomic E-state index is -0.0140. The molecule has 1 aromatic rings. The van der Waals surface area contributed by atoms with E-state index in [1.165, 1.54) is 5.56 Å². The molecule has 2 nitrogen and oxygen atoms in total. The number of nitrogens with one attached hydrogen (secondary N) is 1. The molecule has 1 aliphatic heterocycles. The van der Waals surface area contributed by atoms with Gasteiger partial charge in [0.15, 0.2) is 0 Å². The van der Waals surface area contributed by atoms with Crippen LogP contribution in [0.1, 0.15) is 24.3 Å². The normalized spacial score (nSPS) is 26.2. The van der Waals surface area contributed by atoms with Crippen molar-refractivity contribution in [1.29, 1.82) is 0 Å². The number of hydrogen-bond donors (Lipinski definition) is 1. The van der Waals surface area contributed by atoms with Crippen LogP contribution >= 0.6 is 15.9 Å². The van der Waals surface area contributed by atoms with E-state index < -0.39 is 0 Å². The zero-order valence-corrected chi connectivity index (χ0v) is 10.0. The third-order valence-corrected chi connectivity index (χ3v) is 3.48. The van der Waals surface area contributed by atoms with Gasteiger partial charge >= 0.3 is 0 Å². The van der Waals surface area contributed by atoms with Crippen molar-refractivity contribution in [3.8, 4) is 0 Å². The van der Waals surface area contributed by atoms with E-state index in [2.05, 4.69) is 33.4 Å². The van der Waals surface area contributed by atoms with Crippen molar-refractivity contribution < 1.29 is 4.79 Å². The molecule has 0 saturated carbocycles. The second-order valence-electron chi connectivity index (χ2n) is 3.92. The number of carbonyl (C=O) groups is 1. The third kappa shape index (κ3) is 2.47. The Balaban J connectivity index is 2.20. The predicted octanol–water partition coefficient (Wildman–Crippen LogP) is 2.48. The molecule has 1 heterocycles. The lowest BCUT2D eigenvalue weighted by Crippen LogP contribution is -2.41. The van der Waals surface area contributed by atoms with Crippen LogP contribution in [0.25, 0.3) is 0 Å². The van der Waals surface area contributed by atoms with Gasteiger partial charge in [-0.1, -0.05) is 28.1 Å². The van der Waals surface area contributed by atoms with Gasteiger partial charge in [0.1, 0.15) is 6.29 Å². The maximum absolute atomic E-state index is 10.9. The van der Waals surface area contributed by atoms with Crippen LogP contribution < -0.4 is 5.32 Å². The van der Waals surface area contributed by atoms with Crippen molar-refractivity contribution in [2.45, 2.75) is 24.8 Å². The molecule has 0 aliphatic carbocycles. The lowest BCUT2D eigenvalue weighted by Gasteiger charge is -2.29. The fraction of sp³-hybridized carbons (Fsp3) is 0.417. The lowest BCUT2D eigenvalue weighted by molar-refractivity contribution is -0.110. The highest BCUT2D eigenvalue weighted by Crippen LogP contribution is 2.28. The fourth-order valence-corrected chi connectivity index (χ4v) is 2.40. The van der Waals surface area contributed by atoms with Gasteiger partial charge in [-0.2, -0.15) is 0 Å². The summed E-state index contributed by atoms with van der Waals surface area (Å²) in [4.78, 5) is 10.9. The Morgan fingerprint density at radius 3 is 2.73 bits per heavy atom. The summed E-state index contributed by atoms with van der Waals surface area (Å²) in [7, 11) is 0. The van der Waals surface area contributed by atoms with Gasteiger partial charge in [0.05, 0.1) is 6.04 Å². The lowest BCUT2D eigenvalue weighted by atomic mass is 9.85. The highest BCUT2D eigenvalue weighted by molar-refractivity contribution is 9.10. The summed E-state index contributed by atoms with van der Waals surface area (Å²) < 4.78 is 1.08. The average molecular weight is 268 g/mol. The standard InChI is InChI=1S/C12H14BrNO/c13-10-5-3-9(4-6-10)11-2-1-7-14-12(11)8-15/h3-6,8,11-12,14H,1-2,7H2/t11-,12?/m0/s1. The highest BCUT2D eigenvalue weighted by atomic mass is 79.9. The molecule has 80 valence electrons. The Labute approximate surface area is 98.2 Å². The smallest absolute Gasteiger partial charge is 0.137 e. The first-order valence-corrected chi connectivity index (χ1v) is 6.04. The van der Waals surface area contributed by atoms with Gasteiger partial charge in [0.25, 0.3) is 0 Å². The molecule has 1 fully saturated rings. The molecule has 0 aromatic heterocycles. The van der Waals surface area contributed by atoms with E-state index in [4.69, 9.17) is 0 Å². The van der Waals surface area contributed by atoms with Crippen LogP contribution in [0.2, 0.25) is 0 Å². The Hall–Kier alpha value is -0.670. The van der Waals surface area contributed by atoms with Crippen molar-refractivity contribution in [3.63, 3.8) is 0 Å². The maximum atomic E-state index is 10.9. The van der Waals surface area contributed by atoms with E-state index in [9.17, 15) is 4.79 Å². The summed E-state index contributed by atoms with van der Waals surface area (Å²) in [6, 6.07) is 8.24. The van der Waals surface area contributed by atoms with Gasteiger partial charge in [-0.15, -0.1) is 0 Å². The number of aldehydes is 1. The van der Waals surface area contributed by atoms with Gasteiger partial charge in [0, 0.05) is 10.4 Å². The van der Waals surface area contributed by atoms with Gasteiger partial charge in [-0.25, -0.2) is 0 Å². The van der Waals surface area contributed by atoms with Crippen LogP contribution in [-0.2, 0) is 4.79 Å². The summed E-state index contributed by atoms with van der Waals surface area (Å²) in [6.07, 6.45) is 3.27. The Bertz CT molecular complexity index is 336. The summed E-state index contributed by atoms with van der Waals surface area (Å²) in [5.41, 5.74) is 1.25. The van der Waals surface area contributed by atoms with Crippen molar-refractivity contribution in [1.82, 2.24) is 5.32 Å². The predicted molar refractivity (Wildman–Crippen MR) is 64.0 cm³/mol. The van der Waals surface area contributed by atoms with Crippen molar-refractivity contribution in [2.75, 3.05) is 6.54 Å². The number of carbonyl (C=O) groups excluding carboxylic acids is 1. The van der Waals surface area contributed by atoms with Crippen LogP contribution in [0.15, 0.2) is 28.7 Å². The molecular formula is C12H14BrNO. The molecule has 1 unspecified atom stereocenters. The first-order valence-electron chi connectivity index (χ1n) is 5.25. The first-order chi connectivity index (χ1) is 7.31. The molecule has 1 saturated heterocycles. The quantitative estimate of drug-likeness (QED) is 0.835. The number of hydrogen-bond acceptors (Lipinski definition) is 2.